The van der Waals surface area contributed by atoms with Crippen LogP contribution in [0.3, 0.4) is 0 Å². The number of ether oxygens (including phenoxy) is 1. The van der Waals surface area contributed by atoms with E-state index in [9.17, 15) is 4.79 Å². The minimum absolute atomic E-state index is 0.0400. The zero-order valence-corrected chi connectivity index (χ0v) is 10.4. The van der Waals surface area contributed by atoms with Crippen molar-refractivity contribution in [3.63, 3.8) is 0 Å². The topological polar surface area (TPSA) is 29.5 Å². The Morgan fingerprint density at radius 2 is 2.14 bits per heavy atom. The highest BCUT2D eigenvalue weighted by atomic mass is 79.9. The lowest BCUT2D eigenvalue weighted by molar-refractivity contribution is 0.0683. The molecule has 4 heteroatoms. The summed E-state index contributed by atoms with van der Waals surface area (Å²) in [4.78, 5) is 13.4. The number of nitrogens with zero attached hydrogens (tertiary/aromatic N) is 1. The molecule has 1 rings (SSSR count). The maximum atomic E-state index is 11.6. The van der Waals surface area contributed by atoms with Crippen LogP contribution in [0, 0.1) is 5.92 Å². The molecule has 0 aromatic rings. The Bertz CT molecular complexity index is 191. The van der Waals surface area contributed by atoms with Crippen LogP contribution in [-0.2, 0) is 4.74 Å². The summed E-state index contributed by atoms with van der Waals surface area (Å²) in [6, 6.07) is 0. The summed E-state index contributed by atoms with van der Waals surface area (Å²) < 4.78 is 5.21. The highest BCUT2D eigenvalue weighted by Crippen LogP contribution is 2.17. The van der Waals surface area contributed by atoms with Gasteiger partial charge in [0.25, 0.3) is 0 Å². The lowest BCUT2D eigenvalue weighted by atomic mass is 10.00. The van der Waals surface area contributed by atoms with Crippen molar-refractivity contribution in [2.75, 3.05) is 18.4 Å². The van der Waals surface area contributed by atoms with Crippen molar-refractivity contribution >= 4 is 22.0 Å². The molecule has 1 aliphatic heterocycles. The van der Waals surface area contributed by atoms with E-state index in [0.717, 1.165) is 31.8 Å². The molecule has 0 bridgehead atoms. The van der Waals surface area contributed by atoms with E-state index in [1.165, 1.54) is 0 Å². The Kier molecular flexibility index (Phi) is 4.72. The maximum Gasteiger partial charge on any atom is 0.410 e. The molecule has 0 spiro atoms. The molecule has 0 aromatic heterocycles. The Balaban J connectivity index is 2.30. The number of hydrogen-bond acceptors (Lipinski definition) is 2. The van der Waals surface area contributed by atoms with Crippen molar-refractivity contribution in [1.82, 2.24) is 4.90 Å². The van der Waals surface area contributed by atoms with Gasteiger partial charge in [-0.2, -0.15) is 0 Å². The van der Waals surface area contributed by atoms with Crippen molar-refractivity contribution < 1.29 is 9.53 Å². The lowest BCUT2D eigenvalue weighted by Crippen LogP contribution is -2.39. The Morgan fingerprint density at radius 3 is 2.64 bits per heavy atom. The third kappa shape index (κ3) is 3.48. The maximum absolute atomic E-state index is 11.6. The average molecular weight is 264 g/mol. The van der Waals surface area contributed by atoms with E-state index in [1.54, 1.807) is 4.90 Å². The van der Waals surface area contributed by atoms with Crippen LogP contribution in [0.15, 0.2) is 0 Å². The van der Waals surface area contributed by atoms with Crippen molar-refractivity contribution in [2.45, 2.75) is 32.8 Å². The van der Waals surface area contributed by atoms with Gasteiger partial charge in [-0.3, -0.25) is 0 Å². The van der Waals surface area contributed by atoms with Gasteiger partial charge in [0.2, 0.25) is 0 Å². The molecule has 0 saturated carbocycles. The van der Waals surface area contributed by atoms with Crippen LogP contribution in [-0.4, -0.2) is 35.5 Å². The van der Waals surface area contributed by atoms with Gasteiger partial charge >= 0.3 is 6.09 Å². The molecule has 14 heavy (non-hydrogen) atoms. The quantitative estimate of drug-likeness (QED) is 0.717. The van der Waals surface area contributed by atoms with E-state index in [1.807, 2.05) is 6.92 Å². The second-order valence-electron chi connectivity index (χ2n) is 4.02. The Labute approximate surface area is 93.9 Å². The predicted octanol–water partition coefficient (Wildman–Crippen LogP) is 2.64. The first-order valence-corrected chi connectivity index (χ1v) is 6.27. The molecule has 1 saturated heterocycles. The molecule has 0 radical (unpaired) electrons. The molecule has 0 N–H and O–H groups in total. The summed E-state index contributed by atoms with van der Waals surface area (Å²) in [5.74, 6) is 0.743. The summed E-state index contributed by atoms with van der Waals surface area (Å²) in [6.45, 7) is 5.80. The number of carbonyl (C=O) groups is 1. The number of piperidine rings is 1. The first-order chi connectivity index (χ1) is 6.63. The molecule has 0 aliphatic carbocycles. The van der Waals surface area contributed by atoms with Crippen molar-refractivity contribution in [3.8, 4) is 0 Å². The molecule has 1 aliphatic rings. The van der Waals surface area contributed by atoms with E-state index in [-0.39, 0.29) is 12.2 Å². The van der Waals surface area contributed by atoms with Crippen molar-refractivity contribution in [1.29, 1.82) is 0 Å². The largest absolute Gasteiger partial charge is 0.446 e. The number of amides is 1. The Morgan fingerprint density at radius 1 is 1.57 bits per heavy atom. The number of halogens is 1. The summed E-state index contributed by atoms with van der Waals surface area (Å²) in [5.41, 5.74) is 0. The highest BCUT2D eigenvalue weighted by molar-refractivity contribution is 9.09. The van der Waals surface area contributed by atoms with Gasteiger partial charge in [0.1, 0.15) is 6.10 Å². The number of hydrogen-bond donors (Lipinski definition) is 0. The molecule has 1 amide bonds. The molecule has 0 aromatic carbocycles. The van der Waals surface area contributed by atoms with Gasteiger partial charge in [0.15, 0.2) is 0 Å². The van der Waals surface area contributed by atoms with Crippen LogP contribution in [0.2, 0.25) is 0 Å². The minimum atomic E-state index is -0.163. The summed E-state index contributed by atoms with van der Waals surface area (Å²) in [6.07, 6.45) is 1.99. The molecule has 1 atom stereocenters. The van der Waals surface area contributed by atoms with Crippen LogP contribution in [0.25, 0.3) is 0 Å². The second kappa shape index (κ2) is 5.59. The third-order valence-electron chi connectivity index (χ3n) is 2.56. The molecular weight excluding hydrogens is 246 g/mol. The van der Waals surface area contributed by atoms with Crippen LogP contribution in [0.5, 0.6) is 0 Å². The number of carbonyl (C=O) groups excluding carboxylic acids is 1. The van der Waals surface area contributed by atoms with Gasteiger partial charge < -0.3 is 9.64 Å². The fourth-order valence-corrected chi connectivity index (χ4v) is 1.60. The molecule has 1 fully saturated rings. The normalized spacial score (nSPS) is 20.6. The van der Waals surface area contributed by atoms with Gasteiger partial charge in [-0.15, -0.1) is 0 Å². The Hall–Kier alpha value is -0.250. The summed E-state index contributed by atoms with van der Waals surface area (Å²) in [5, 5.41) is 0.697. The standard InChI is InChI=1S/C10H18BrNO2/c1-8-3-5-12(6-4-8)10(13)14-9(2)7-11/h8-9H,3-7H2,1-2H3. The van der Waals surface area contributed by atoms with E-state index in [0.29, 0.717) is 5.33 Å². The van der Waals surface area contributed by atoms with Crippen molar-refractivity contribution in [3.05, 3.63) is 0 Å². The fraction of sp³-hybridized carbons (Fsp3) is 0.900. The first kappa shape index (κ1) is 11.8. The smallest absolute Gasteiger partial charge is 0.410 e. The average Bonchev–Trinajstić information content (AvgIpc) is 2.18. The fourth-order valence-electron chi connectivity index (χ4n) is 1.47. The monoisotopic (exact) mass is 263 g/mol. The number of alkyl halides is 1. The molecule has 82 valence electrons. The van der Waals surface area contributed by atoms with Gasteiger partial charge in [-0.1, -0.05) is 22.9 Å². The minimum Gasteiger partial charge on any atom is -0.446 e. The molecule has 1 heterocycles. The first-order valence-electron chi connectivity index (χ1n) is 5.15. The van der Waals surface area contributed by atoms with Crippen LogP contribution in [0.4, 0.5) is 4.79 Å². The zero-order valence-electron chi connectivity index (χ0n) is 8.83. The highest BCUT2D eigenvalue weighted by Gasteiger charge is 2.22. The van der Waals surface area contributed by atoms with Gasteiger partial charge in [0, 0.05) is 18.4 Å². The van der Waals surface area contributed by atoms with E-state index < -0.39 is 0 Å². The van der Waals surface area contributed by atoms with Gasteiger partial charge in [-0.05, 0) is 25.7 Å². The van der Waals surface area contributed by atoms with Crippen LogP contribution >= 0.6 is 15.9 Å². The van der Waals surface area contributed by atoms with E-state index in [2.05, 4.69) is 22.9 Å². The van der Waals surface area contributed by atoms with Crippen molar-refractivity contribution in [2.24, 2.45) is 5.92 Å². The lowest BCUT2D eigenvalue weighted by Gasteiger charge is -2.30. The zero-order chi connectivity index (χ0) is 10.6. The molecule has 1 unspecified atom stereocenters. The molecule has 3 nitrogen and oxygen atoms in total. The third-order valence-corrected chi connectivity index (χ3v) is 3.47. The predicted molar refractivity (Wildman–Crippen MR) is 59.7 cm³/mol. The van der Waals surface area contributed by atoms with Crippen LogP contribution < -0.4 is 0 Å². The van der Waals surface area contributed by atoms with Crippen LogP contribution in [0.1, 0.15) is 26.7 Å². The summed E-state index contributed by atoms with van der Waals surface area (Å²) in [7, 11) is 0. The van der Waals surface area contributed by atoms with E-state index in [4.69, 9.17) is 4.74 Å². The number of likely N-dealkylation sites (tertiary alicyclic amines) is 1. The SMILES string of the molecule is CC1CCN(C(=O)OC(C)CBr)CC1. The van der Waals surface area contributed by atoms with Gasteiger partial charge in [-0.25, -0.2) is 4.79 Å². The van der Waals surface area contributed by atoms with E-state index >= 15 is 0 Å². The second-order valence-corrected chi connectivity index (χ2v) is 4.67. The molecular formula is C10H18BrNO2. The number of rotatable bonds is 2. The summed E-state index contributed by atoms with van der Waals surface area (Å²) >= 11 is 3.28. The van der Waals surface area contributed by atoms with Gasteiger partial charge in [0.05, 0.1) is 0 Å².